The molecule has 1 aliphatic rings. The normalized spacial score (nSPS) is 22.4. The van der Waals surface area contributed by atoms with Crippen molar-refractivity contribution < 1.29 is 25.0 Å². The zero-order valence-electron chi connectivity index (χ0n) is 17.1. The fourth-order valence-electron chi connectivity index (χ4n) is 3.32. The van der Waals surface area contributed by atoms with Gasteiger partial charge in [-0.15, -0.1) is 0 Å². The average molecular weight is 452 g/mol. The monoisotopic (exact) mass is 452 g/mol. The van der Waals surface area contributed by atoms with Gasteiger partial charge in [0.1, 0.15) is 29.7 Å². The fraction of sp³-hybridized carbons (Fsp3) is 0.300. The van der Waals surface area contributed by atoms with E-state index in [1.165, 1.54) is 23.4 Å². The highest BCUT2D eigenvalue weighted by Gasteiger charge is 2.47. The van der Waals surface area contributed by atoms with E-state index in [-0.39, 0.29) is 12.4 Å². The lowest BCUT2D eigenvalue weighted by Crippen LogP contribution is -2.43. The van der Waals surface area contributed by atoms with Gasteiger partial charge >= 0.3 is 0 Å². The number of anilines is 1. The molecule has 1 fully saturated rings. The van der Waals surface area contributed by atoms with Gasteiger partial charge in [0.25, 0.3) is 5.91 Å². The maximum Gasteiger partial charge on any atom is 0.252 e. The number of carbonyl (C=O) groups excluding carboxylic acids is 1. The zero-order chi connectivity index (χ0) is 23.4. The van der Waals surface area contributed by atoms with Crippen molar-refractivity contribution in [3.8, 4) is 11.8 Å². The highest BCUT2D eigenvalue weighted by Crippen LogP contribution is 2.32. The van der Waals surface area contributed by atoms with Crippen molar-refractivity contribution in [2.75, 3.05) is 12.3 Å². The van der Waals surface area contributed by atoms with Crippen molar-refractivity contribution in [2.24, 2.45) is 5.16 Å². The van der Waals surface area contributed by atoms with Gasteiger partial charge in [0, 0.05) is 13.0 Å². The van der Waals surface area contributed by atoms with E-state index in [1.54, 1.807) is 18.2 Å². The summed E-state index contributed by atoms with van der Waals surface area (Å²) in [4.78, 5) is 28.7. The summed E-state index contributed by atoms with van der Waals surface area (Å²) in [6.07, 6.45) is -1.15. The molecule has 1 amide bonds. The number of nitrogens with two attached hydrogens (primary N) is 1. The molecule has 33 heavy (non-hydrogen) atoms. The number of ether oxygens (including phenoxy) is 1. The topological polar surface area (TPSA) is 194 Å². The zero-order valence-corrected chi connectivity index (χ0v) is 17.1. The molecule has 13 nitrogen and oxygen atoms in total. The van der Waals surface area contributed by atoms with Crippen LogP contribution in [0.15, 0.2) is 36.0 Å². The number of hydrogen-bond acceptors (Lipinski definition) is 11. The number of hydrogen-bond donors (Lipinski definition) is 5. The van der Waals surface area contributed by atoms with Crippen LogP contribution < -0.4 is 11.1 Å². The van der Waals surface area contributed by atoms with Gasteiger partial charge in [-0.1, -0.05) is 17.1 Å². The van der Waals surface area contributed by atoms with Crippen LogP contribution in [0.5, 0.6) is 0 Å². The smallest absolute Gasteiger partial charge is 0.252 e. The minimum atomic E-state index is -1.46. The summed E-state index contributed by atoms with van der Waals surface area (Å²) in [6, 6.07) is 5.08. The molecule has 4 heterocycles. The van der Waals surface area contributed by atoms with Crippen molar-refractivity contribution >= 4 is 29.1 Å². The minimum Gasteiger partial charge on any atom is -0.411 e. The molecule has 0 unspecified atom stereocenters. The highest BCUT2D eigenvalue weighted by atomic mass is 16.6. The molecule has 170 valence electrons. The third-order valence-corrected chi connectivity index (χ3v) is 4.88. The molecule has 4 atom stereocenters. The molecule has 0 bridgehead atoms. The Morgan fingerprint density at radius 2 is 2.15 bits per heavy atom. The van der Waals surface area contributed by atoms with Crippen molar-refractivity contribution in [3.05, 3.63) is 42.2 Å². The predicted molar refractivity (Wildman–Crippen MR) is 114 cm³/mol. The average Bonchev–Trinajstić information content (AvgIpc) is 3.36. The molecular weight excluding hydrogens is 432 g/mol. The van der Waals surface area contributed by atoms with Gasteiger partial charge in [-0.3, -0.25) is 9.36 Å². The summed E-state index contributed by atoms with van der Waals surface area (Å²) < 4.78 is 7.03. The molecule has 1 saturated heterocycles. The highest BCUT2D eigenvalue weighted by molar-refractivity contribution is 5.83. The van der Waals surface area contributed by atoms with Crippen molar-refractivity contribution in [1.29, 1.82) is 0 Å². The number of nitrogen functional groups attached to an aromatic ring is 1. The molecule has 1 aliphatic heterocycles. The third kappa shape index (κ3) is 4.58. The Bertz CT molecular complexity index is 1250. The standard InChI is InChI=1S/C20H20N8O5/c21-17-13-18(24-9-23-17)28(10-25-13)20-15(30)14(29)16(33-20)19(31)22-7-2-1-4-11-5-3-6-12(27-11)8-26-32/h3,5-6,8-10,14-16,20,29-30,32H,2,7H2,(H,22,31)(H2,21,23,24)/t14-,15+,16-,20+/m0/s1. The van der Waals surface area contributed by atoms with Crippen LogP contribution in [0.3, 0.4) is 0 Å². The van der Waals surface area contributed by atoms with E-state index < -0.39 is 30.4 Å². The predicted octanol–water partition coefficient (Wildman–Crippen LogP) is -1.21. The molecule has 3 aromatic heterocycles. The Labute approximate surface area is 187 Å². The number of fused-ring (bicyclic) bond motifs is 1. The molecule has 3 aromatic rings. The number of pyridine rings is 1. The van der Waals surface area contributed by atoms with Crippen LogP contribution in [0.1, 0.15) is 24.0 Å². The van der Waals surface area contributed by atoms with Crippen LogP contribution in [0, 0.1) is 11.8 Å². The van der Waals surface area contributed by atoms with E-state index in [2.05, 4.69) is 42.2 Å². The molecule has 13 heteroatoms. The summed E-state index contributed by atoms with van der Waals surface area (Å²) in [5.41, 5.74) is 7.33. The summed E-state index contributed by atoms with van der Waals surface area (Å²) in [6.45, 7) is 0.189. The van der Waals surface area contributed by atoms with E-state index in [9.17, 15) is 15.0 Å². The second-order valence-electron chi connectivity index (χ2n) is 7.05. The maximum absolute atomic E-state index is 12.5. The molecule has 6 N–H and O–H groups in total. The Morgan fingerprint density at radius 3 is 2.97 bits per heavy atom. The first-order valence-corrected chi connectivity index (χ1v) is 9.85. The number of aromatic nitrogens is 5. The van der Waals surface area contributed by atoms with E-state index in [4.69, 9.17) is 15.7 Å². The summed E-state index contributed by atoms with van der Waals surface area (Å²) >= 11 is 0. The maximum atomic E-state index is 12.5. The van der Waals surface area contributed by atoms with Crippen LogP contribution in [0.4, 0.5) is 5.82 Å². The summed E-state index contributed by atoms with van der Waals surface area (Å²) in [5.74, 6) is 5.27. The van der Waals surface area contributed by atoms with E-state index in [1.807, 2.05) is 0 Å². The van der Waals surface area contributed by atoms with Gasteiger partial charge in [-0.05, 0) is 18.1 Å². The third-order valence-electron chi connectivity index (χ3n) is 4.88. The second kappa shape index (κ2) is 9.57. The number of oxime groups is 1. The molecular formula is C20H20N8O5. The van der Waals surface area contributed by atoms with Crippen molar-refractivity contribution in [2.45, 2.75) is 31.0 Å². The first-order chi connectivity index (χ1) is 16.0. The first-order valence-electron chi connectivity index (χ1n) is 9.85. The Balaban J connectivity index is 1.35. The number of nitrogens with zero attached hydrogens (tertiary/aromatic N) is 6. The number of aliphatic hydroxyl groups excluding tert-OH is 2. The van der Waals surface area contributed by atoms with Gasteiger partial charge in [0.2, 0.25) is 0 Å². The second-order valence-corrected chi connectivity index (χ2v) is 7.05. The quantitative estimate of drug-likeness (QED) is 0.103. The molecule has 0 spiro atoms. The fourth-order valence-corrected chi connectivity index (χ4v) is 3.32. The van der Waals surface area contributed by atoms with Gasteiger partial charge in [0.05, 0.1) is 18.2 Å². The van der Waals surface area contributed by atoms with Gasteiger partial charge in [-0.25, -0.2) is 19.9 Å². The number of imidazole rings is 1. The van der Waals surface area contributed by atoms with Crippen molar-refractivity contribution in [3.63, 3.8) is 0 Å². The summed E-state index contributed by atoms with van der Waals surface area (Å²) in [7, 11) is 0. The molecule has 0 aromatic carbocycles. The van der Waals surface area contributed by atoms with Crippen LogP contribution in [-0.4, -0.2) is 76.9 Å². The van der Waals surface area contributed by atoms with Gasteiger partial charge in [-0.2, -0.15) is 0 Å². The van der Waals surface area contributed by atoms with Crippen LogP contribution in [0.2, 0.25) is 0 Å². The van der Waals surface area contributed by atoms with Gasteiger partial charge < -0.3 is 31.2 Å². The van der Waals surface area contributed by atoms with Gasteiger partial charge in [0.15, 0.2) is 23.8 Å². The summed E-state index contributed by atoms with van der Waals surface area (Å²) in [5, 5.41) is 34.9. The molecule has 0 aliphatic carbocycles. The minimum absolute atomic E-state index is 0.158. The first kappa shape index (κ1) is 22.1. The lowest BCUT2D eigenvalue weighted by Gasteiger charge is -2.16. The van der Waals surface area contributed by atoms with Crippen LogP contribution >= 0.6 is 0 Å². The number of rotatable bonds is 5. The SMILES string of the molecule is Nc1ncnc2c1ncn2[C@@H]1O[C@H](C(=O)NCCC#Cc2cccc(C=NO)n2)[C@@H](O)[C@H]1O. The number of amides is 1. The lowest BCUT2D eigenvalue weighted by molar-refractivity contribution is -0.137. The van der Waals surface area contributed by atoms with Crippen LogP contribution in [0.25, 0.3) is 11.2 Å². The molecule has 0 saturated carbocycles. The Hall–Kier alpha value is -4.12. The van der Waals surface area contributed by atoms with E-state index in [0.29, 0.717) is 29.0 Å². The largest absolute Gasteiger partial charge is 0.411 e. The Kier molecular flexibility index (Phi) is 6.41. The number of aliphatic hydroxyl groups is 2. The van der Waals surface area contributed by atoms with E-state index >= 15 is 0 Å². The molecule has 4 rings (SSSR count). The number of carbonyl (C=O) groups is 1. The van der Waals surface area contributed by atoms with Crippen LogP contribution in [-0.2, 0) is 9.53 Å². The van der Waals surface area contributed by atoms with Crippen molar-refractivity contribution in [1.82, 2.24) is 29.8 Å². The Morgan fingerprint density at radius 1 is 1.30 bits per heavy atom. The van der Waals surface area contributed by atoms with E-state index in [0.717, 1.165) is 0 Å². The number of nitrogens with one attached hydrogen (secondary N) is 1. The molecule has 0 radical (unpaired) electrons. The lowest BCUT2D eigenvalue weighted by atomic mass is 10.1.